The van der Waals surface area contributed by atoms with Gasteiger partial charge in [0.2, 0.25) is 0 Å². The fraction of sp³-hybridized carbons (Fsp3) is 0.692. The van der Waals surface area contributed by atoms with Crippen LogP contribution < -0.4 is 10.2 Å². The molecule has 1 fully saturated rings. The van der Waals surface area contributed by atoms with E-state index in [1.54, 1.807) is 0 Å². The summed E-state index contributed by atoms with van der Waals surface area (Å²) in [4.78, 5) is 11.2. The number of nitrogens with zero attached hydrogens (tertiary/aromatic N) is 3. The summed E-state index contributed by atoms with van der Waals surface area (Å²) in [5, 5.41) is 3.10. The Kier molecular flexibility index (Phi) is 4.90. The van der Waals surface area contributed by atoms with Gasteiger partial charge in [-0.2, -0.15) is 0 Å². The number of aromatic nitrogens is 2. The quantitative estimate of drug-likeness (QED) is 0.851. The molecular weight excluding hydrogens is 228 g/mol. The van der Waals surface area contributed by atoms with E-state index >= 15 is 0 Å². The van der Waals surface area contributed by atoms with E-state index in [-0.39, 0.29) is 0 Å². The first-order chi connectivity index (χ1) is 8.83. The van der Waals surface area contributed by atoms with Gasteiger partial charge < -0.3 is 15.0 Å². The van der Waals surface area contributed by atoms with Gasteiger partial charge in [0.1, 0.15) is 5.82 Å². The second kappa shape index (κ2) is 6.66. The first-order valence-electron chi connectivity index (χ1n) is 6.65. The predicted octanol–water partition coefficient (Wildman–Crippen LogP) is 1.20. The molecule has 0 bridgehead atoms. The van der Waals surface area contributed by atoms with Gasteiger partial charge in [-0.05, 0) is 26.8 Å². The Morgan fingerprint density at radius 1 is 1.50 bits per heavy atom. The molecule has 1 aliphatic rings. The maximum atomic E-state index is 5.71. The molecule has 1 aromatic rings. The van der Waals surface area contributed by atoms with Crippen molar-refractivity contribution in [3.8, 4) is 0 Å². The number of rotatable bonds is 5. The Balaban J connectivity index is 2.03. The highest BCUT2D eigenvalue weighted by atomic mass is 16.5. The van der Waals surface area contributed by atoms with Gasteiger partial charge in [0, 0.05) is 32.4 Å². The molecule has 2 rings (SSSR count). The summed E-state index contributed by atoms with van der Waals surface area (Å²) >= 11 is 0. The van der Waals surface area contributed by atoms with Crippen molar-refractivity contribution in [2.45, 2.75) is 32.4 Å². The lowest BCUT2D eigenvalue weighted by Crippen LogP contribution is -2.40. The molecule has 0 spiro atoms. The fourth-order valence-electron chi connectivity index (χ4n) is 2.33. The summed E-state index contributed by atoms with van der Waals surface area (Å²) in [5.74, 6) is 0.965. The molecule has 100 valence electrons. The molecule has 18 heavy (non-hydrogen) atoms. The van der Waals surface area contributed by atoms with Gasteiger partial charge in [0.05, 0.1) is 18.0 Å². The van der Waals surface area contributed by atoms with Crippen LogP contribution in [0.4, 0.5) is 5.82 Å². The minimum atomic E-state index is 0.332. The van der Waals surface area contributed by atoms with Crippen LogP contribution in [0.15, 0.2) is 12.4 Å². The Morgan fingerprint density at radius 3 is 3.17 bits per heavy atom. The maximum absolute atomic E-state index is 5.71. The van der Waals surface area contributed by atoms with Crippen molar-refractivity contribution in [3.63, 3.8) is 0 Å². The second-order valence-corrected chi connectivity index (χ2v) is 4.56. The van der Waals surface area contributed by atoms with Crippen molar-refractivity contribution in [3.05, 3.63) is 18.1 Å². The highest BCUT2D eigenvalue weighted by Crippen LogP contribution is 2.19. The molecule has 5 heteroatoms. The second-order valence-electron chi connectivity index (χ2n) is 4.56. The summed E-state index contributed by atoms with van der Waals surface area (Å²) in [5.41, 5.74) is 0.980. The largest absolute Gasteiger partial charge is 0.377 e. The Labute approximate surface area is 109 Å². The molecule has 2 heterocycles. The van der Waals surface area contributed by atoms with Crippen molar-refractivity contribution < 1.29 is 4.74 Å². The number of hydrogen-bond donors (Lipinski definition) is 1. The van der Waals surface area contributed by atoms with E-state index in [4.69, 9.17) is 4.74 Å². The first-order valence-corrected chi connectivity index (χ1v) is 6.65. The lowest BCUT2D eigenvalue weighted by molar-refractivity contribution is 0.0525. The molecule has 0 saturated carbocycles. The van der Waals surface area contributed by atoms with E-state index in [0.717, 1.165) is 50.6 Å². The van der Waals surface area contributed by atoms with Gasteiger partial charge >= 0.3 is 0 Å². The third-order valence-corrected chi connectivity index (χ3v) is 3.13. The Bertz CT molecular complexity index is 370. The molecule has 1 N–H and O–H groups in total. The first kappa shape index (κ1) is 13.2. The Morgan fingerprint density at radius 2 is 2.39 bits per heavy atom. The van der Waals surface area contributed by atoms with Gasteiger partial charge in [0.25, 0.3) is 0 Å². The minimum Gasteiger partial charge on any atom is -0.377 e. The number of hydrogen-bond acceptors (Lipinski definition) is 5. The maximum Gasteiger partial charge on any atom is 0.147 e. The van der Waals surface area contributed by atoms with Crippen LogP contribution >= 0.6 is 0 Å². The third kappa shape index (κ3) is 3.40. The van der Waals surface area contributed by atoms with E-state index in [1.165, 1.54) is 0 Å². The van der Waals surface area contributed by atoms with Crippen molar-refractivity contribution in [2.24, 2.45) is 0 Å². The van der Waals surface area contributed by atoms with Crippen LogP contribution in [0.2, 0.25) is 0 Å². The van der Waals surface area contributed by atoms with E-state index in [9.17, 15) is 0 Å². The van der Waals surface area contributed by atoms with Crippen LogP contribution in [0, 0.1) is 0 Å². The van der Waals surface area contributed by atoms with Crippen molar-refractivity contribution >= 4 is 5.82 Å². The summed E-state index contributed by atoms with van der Waals surface area (Å²) in [6.45, 7) is 5.55. The highest BCUT2D eigenvalue weighted by Gasteiger charge is 2.21. The van der Waals surface area contributed by atoms with Gasteiger partial charge in [-0.1, -0.05) is 0 Å². The molecule has 0 amide bonds. The molecule has 0 aromatic carbocycles. The average molecular weight is 250 g/mol. The molecule has 1 unspecified atom stereocenters. The zero-order chi connectivity index (χ0) is 12.8. The smallest absolute Gasteiger partial charge is 0.147 e. The number of anilines is 1. The molecule has 0 aliphatic carbocycles. The van der Waals surface area contributed by atoms with Crippen molar-refractivity contribution in [1.29, 1.82) is 0 Å². The topological polar surface area (TPSA) is 50.3 Å². The van der Waals surface area contributed by atoms with Gasteiger partial charge in [-0.3, -0.25) is 4.98 Å². The van der Waals surface area contributed by atoms with Gasteiger partial charge in [0.15, 0.2) is 0 Å². The summed E-state index contributed by atoms with van der Waals surface area (Å²) in [6, 6.07) is 0. The molecule has 5 nitrogen and oxygen atoms in total. The molecule has 0 radical (unpaired) electrons. The molecular formula is C13H22N4O. The standard InChI is InChI=1S/C13H22N4O/c1-3-18-12-5-4-6-17(10-12)13-9-15-8-11(16-13)7-14-2/h8-9,12,14H,3-7,10H2,1-2H3. The number of piperidine rings is 1. The third-order valence-electron chi connectivity index (χ3n) is 3.13. The summed E-state index contributed by atoms with van der Waals surface area (Å²) in [6.07, 6.45) is 6.28. The van der Waals surface area contributed by atoms with Crippen molar-refractivity contribution in [1.82, 2.24) is 15.3 Å². The van der Waals surface area contributed by atoms with Crippen LogP contribution in [0.1, 0.15) is 25.5 Å². The van der Waals surface area contributed by atoms with Crippen LogP contribution in [0.3, 0.4) is 0 Å². The molecule has 1 aliphatic heterocycles. The lowest BCUT2D eigenvalue weighted by Gasteiger charge is -2.33. The number of nitrogens with one attached hydrogen (secondary N) is 1. The van der Waals surface area contributed by atoms with Gasteiger partial charge in [-0.25, -0.2) is 4.98 Å². The zero-order valence-corrected chi connectivity index (χ0v) is 11.2. The van der Waals surface area contributed by atoms with Crippen molar-refractivity contribution in [2.75, 3.05) is 31.6 Å². The lowest BCUT2D eigenvalue weighted by atomic mass is 10.1. The average Bonchev–Trinajstić information content (AvgIpc) is 2.40. The van der Waals surface area contributed by atoms with Crippen LogP contribution in [0.5, 0.6) is 0 Å². The Hall–Kier alpha value is -1.20. The normalized spacial score (nSPS) is 20.1. The van der Waals surface area contributed by atoms with Crippen LogP contribution in [0.25, 0.3) is 0 Å². The monoisotopic (exact) mass is 250 g/mol. The highest BCUT2D eigenvalue weighted by molar-refractivity contribution is 5.37. The summed E-state index contributed by atoms with van der Waals surface area (Å²) < 4.78 is 5.71. The summed E-state index contributed by atoms with van der Waals surface area (Å²) in [7, 11) is 1.92. The van der Waals surface area contributed by atoms with E-state index in [2.05, 4.69) is 20.2 Å². The molecule has 1 saturated heterocycles. The fourth-order valence-corrected chi connectivity index (χ4v) is 2.33. The molecule has 1 atom stereocenters. The van der Waals surface area contributed by atoms with E-state index < -0.39 is 0 Å². The minimum absolute atomic E-state index is 0.332. The van der Waals surface area contributed by atoms with Crippen LogP contribution in [-0.2, 0) is 11.3 Å². The zero-order valence-electron chi connectivity index (χ0n) is 11.2. The van der Waals surface area contributed by atoms with Crippen LogP contribution in [-0.4, -0.2) is 42.8 Å². The van der Waals surface area contributed by atoms with E-state index in [1.807, 2.05) is 26.4 Å². The predicted molar refractivity (Wildman–Crippen MR) is 71.7 cm³/mol. The molecule has 1 aromatic heterocycles. The number of ether oxygens (including phenoxy) is 1. The SMILES string of the molecule is CCOC1CCCN(c2cncc(CNC)n2)C1. The van der Waals surface area contributed by atoms with Gasteiger partial charge in [-0.15, -0.1) is 0 Å². The van der Waals surface area contributed by atoms with E-state index in [0.29, 0.717) is 6.10 Å².